The maximum Gasteiger partial charge on any atom is 0.245 e. The second-order valence-corrected chi connectivity index (χ2v) is 8.31. The van der Waals surface area contributed by atoms with E-state index < -0.39 is 5.41 Å². The summed E-state index contributed by atoms with van der Waals surface area (Å²) in [6, 6.07) is 8.21. The van der Waals surface area contributed by atoms with E-state index in [1.54, 1.807) is 35.9 Å². The van der Waals surface area contributed by atoms with Gasteiger partial charge in [0.05, 0.1) is 24.8 Å². The first-order chi connectivity index (χ1) is 15.8. The zero-order valence-corrected chi connectivity index (χ0v) is 18.7. The number of carbonyl (C=O) groups is 1. The summed E-state index contributed by atoms with van der Waals surface area (Å²) in [6.45, 7) is 7.92. The van der Waals surface area contributed by atoms with Gasteiger partial charge < -0.3 is 14.8 Å². The average molecular weight is 450 g/mol. The molecular formula is C23H23FN6O3. The van der Waals surface area contributed by atoms with Crippen LogP contribution in [0.1, 0.15) is 38.8 Å². The molecule has 1 unspecified atom stereocenters. The monoisotopic (exact) mass is 450 g/mol. The number of hydrogen-bond donors (Lipinski definition) is 1. The Bertz CT molecular complexity index is 1300. The molecular weight excluding hydrogens is 427 g/mol. The molecule has 1 N–H and O–H groups in total. The highest BCUT2D eigenvalue weighted by molar-refractivity contribution is 6.23. The normalized spacial score (nSPS) is 18.4. The Morgan fingerprint density at radius 3 is 2.76 bits per heavy atom. The smallest absolute Gasteiger partial charge is 0.245 e. The van der Waals surface area contributed by atoms with Crippen molar-refractivity contribution in [3.63, 3.8) is 0 Å². The molecule has 9 nitrogen and oxygen atoms in total. The first kappa shape index (κ1) is 21.0. The lowest BCUT2D eigenvalue weighted by atomic mass is 9.86. The van der Waals surface area contributed by atoms with Gasteiger partial charge in [-0.05, 0) is 33.8 Å². The Hall–Kier alpha value is -3.82. The molecule has 33 heavy (non-hydrogen) atoms. The van der Waals surface area contributed by atoms with E-state index in [1.165, 1.54) is 6.07 Å². The van der Waals surface area contributed by atoms with E-state index in [4.69, 9.17) is 9.47 Å². The van der Waals surface area contributed by atoms with Gasteiger partial charge in [-0.1, -0.05) is 18.2 Å². The predicted molar refractivity (Wildman–Crippen MR) is 119 cm³/mol. The van der Waals surface area contributed by atoms with Crippen molar-refractivity contribution in [3.05, 3.63) is 47.3 Å². The third kappa shape index (κ3) is 3.33. The van der Waals surface area contributed by atoms with Gasteiger partial charge in [-0.15, -0.1) is 0 Å². The lowest BCUT2D eigenvalue weighted by Crippen LogP contribution is -2.38. The number of aromatic nitrogens is 4. The molecule has 0 bridgehead atoms. The summed E-state index contributed by atoms with van der Waals surface area (Å²) < 4.78 is 27.4. The maximum atomic E-state index is 14.3. The lowest BCUT2D eigenvalue weighted by molar-refractivity contribution is -0.118. The Morgan fingerprint density at radius 2 is 2.03 bits per heavy atom. The molecule has 170 valence electrons. The highest BCUT2D eigenvalue weighted by Gasteiger charge is 2.55. The summed E-state index contributed by atoms with van der Waals surface area (Å²) >= 11 is 0. The van der Waals surface area contributed by atoms with E-state index in [0.29, 0.717) is 46.8 Å². The average Bonchev–Trinajstić information content (AvgIpc) is 3.37. The van der Waals surface area contributed by atoms with Crippen LogP contribution in [0.25, 0.3) is 11.5 Å². The van der Waals surface area contributed by atoms with Crippen LogP contribution >= 0.6 is 0 Å². The number of nitrogens with zero attached hydrogens (tertiary/aromatic N) is 5. The number of carbonyl (C=O) groups excluding carboxylic acids is 1. The highest BCUT2D eigenvalue weighted by atomic mass is 19.1. The largest absolute Gasteiger partial charge is 0.480 e. The zero-order chi connectivity index (χ0) is 23.3. The van der Waals surface area contributed by atoms with Crippen LogP contribution < -0.4 is 10.1 Å². The number of hydrogen-bond acceptors (Lipinski definition) is 7. The summed E-state index contributed by atoms with van der Waals surface area (Å²) in [6.07, 6.45) is -0.120. The van der Waals surface area contributed by atoms with E-state index in [2.05, 4.69) is 25.4 Å². The van der Waals surface area contributed by atoms with E-state index in [1.807, 2.05) is 20.8 Å². The number of ether oxygens (including phenoxy) is 2. The van der Waals surface area contributed by atoms with Crippen molar-refractivity contribution in [3.8, 4) is 17.4 Å². The number of halogens is 1. The van der Waals surface area contributed by atoms with Gasteiger partial charge in [0, 0.05) is 11.6 Å². The molecule has 0 spiro atoms. The molecule has 0 saturated heterocycles. The second-order valence-electron chi connectivity index (χ2n) is 8.31. The van der Waals surface area contributed by atoms with Crippen molar-refractivity contribution in [2.75, 3.05) is 11.9 Å². The van der Waals surface area contributed by atoms with Gasteiger partial charge in [0.15, 0.2) is 17.1 Å². The molecule has 2 aromatic heterocycles. The number of nitrogens with one attached hydrogen (secondary N) is 1. The van der Waals surface area contributed by atoms with Crippen molar-refractivity contribution < 1.29 is 18.7 Å². The standard InChI is InChI=1S/C23H23FN6O3/c1-5-32-22-23(4)17-19(27-21(23)31)25-18(26-20(17)28-22)15-10-16(33-12(2)3)30(29-15)11-13-8-6-7-9-14(13)24/h6-10,12H,5,11H2,1-4H3,(H,25,26,27,31). The van der Waals surface area contributed by atoms with Crippen LogP contribution in [0.2, 0.25) is 0 Å². The molecule has 2 aliphatic rings. The quantitative estimate of drug-likeness (QED) is 0.615. The minimum Gasteiger partial charge on any atom is -0.480 e. The van der Waals surface area contributed by atoms with Crippen molar-refractivity contribution >= 4 is 23.4 Å². The van der Waals surface area contributed by atoms with Crippen LogP contribution in [-0.4, -0.2) is 44.3 Å². The summed E-state index contributed by atoms with van der Waals surface area (Å²) in [5.41, 5.74) is 0.450. The number of anilines is 1. The Kier molecular flexibility index (Phi) is 4.88. The van der Waals surface area contributed by atoms with Crippen LogP contribution in [0.4, 0.5) is 16.0 Å². The third-order valence-electron chi connectivity index (χ3n) is 5.60. The molecule has 1 aromatic carbocycles. The van der Waals surface area contributed by atoms with Crippen LogP contribution in [0, 0.1) is 5.82 Å². The van der Waals surface area contributed by atoms with E-state index >= 15 is 0 Å². The minimum atomic E-state index is -1.05. The number of benzene rings is 1. The molecule has 4 heterocycles. The maximum absolute atomic E-state index is 14.3. The Labute approximate surface area is 189 Å². The molecule has 0 fully saturated rings. The molecule has 3 aromatic rings. The van der Waals surface area contributed by atoms with Gasteiger partial charge >= 0.3 is 0 Å². The van der Waals surface area contributed by atoms with E-state index in [0.717, 1.165) is 0 Å². The molecule has 0 radical (unpaired) electrons. The van der Waals surface area contributed by atoms with Crippen molar-refractivity contribution in [2.45, 2.75) is 45.8 Å². The summed E-state index contributed by atoms with van der Waals surface area (Å²) in [4.78, 5) is 26.3. The molecule has 0 aliphatic carbocycles. The van der Waals surface area contributed by atoms with Gasteiger partial charge in [-0.3, -0.25) is 4.79 Å². The fourth-order valence-corrected chi connectivity index (χ4v) is 4.01. The number of aliphatic imine (C=N–C) groups is 1. The third-order valence-corrected chi connectivity index (χ3v) is 5.60. The first-order valence-corrected chi connectivity index (χ1v) is 10.8. The summed E-state index contributed by atoms with van der Waals surface area (Å²) in [7, 11) is 0. The van der Waals surface area contributed by atoms with Crippen LogP contribution in [0.15, 0.2) is 35.3 Å². The number of rotatable bonds is 6. The molecule has 0 saturated carbocycles. The Morgan fingerprint density at radius 1 is 1.24 bits per heavy atom. The summed E-state index contributed by atoms with van der Waals surface area (Å²) in [5.74, 6) is 1.20. The van der Waals surface area contributed by atoms with Crippen LogP contribution in [0.3, 0.4) is 0 Å². The zero-order valence-electron chi connectivity index (χ0n) is 18.7. The number of amides is 1. The fourth-order valence-electron chi connectivity index (χ4n) is 4.01. The first-order valence-electron chi connectivity index (χ1n) is 10.8. The van der Waals surface area contributed by atoms with Gasteiger partial charge in [0.25, 0.3) is 0 Å². The second kappa shape index (κ2) is 7.65. The van der Waals surface area contributed by atoms with Gasteiger partial charge in [0.1, 0.15) is 17.3 Å². The van der Waals surface area contributed by atoms with Gasteiger partial charge in [-0.2, -0.15) is 10.1 Å². The fraction of sp³-hybridized carbons (Fsp3) is 0.348. The Balaban J connectivity index is 1.58. The molecule has 1 amide bonds. The molecule has 2 aliphatic heterocycles. The molecule has 5 rings (SSSR count). The minimum absolute atomic E-state index is 0.120. The van der Waals surface area contributed by atoms with Gasteiger partial charge in [0.2, 0.25) is 17.7 Å². The SMILES string of the molecule is CCOC1=Nc2nc(-c3cc(OC(C)C)n(Cc4ccccc4F)n3)nc3c2C1(C)C(=O)N3. The molecule has 1 atom stereocenters. The van der Waals surface area contributed by atoms with Crippen molar-refractivity contribution in [1.82, 2.24) is 19.7 Å². The highest BCUT2D eigenvalue weighted by Crippen LogP contribution is 2.48. The summed E-state index contributed by atoms with van der Waals surface area (Å²) in [5, 5.41) is 7.40. The van der Waals surface area contributed by atoms with Gasteiger partial charge in [-0.25, -0.2) is 19.0 Å². The lowest BCUT2D eigenvalue weighted by Gasteiger charge is -2.18. The van der Waals surface area contributed by atoms with Crippen molar-refractivity contribution in [2.24, 2.45) is 4.99 Å². The topological polar surface area (TPSA) is 104 Å². The van der Waals surface area contributed by atoms with Crippen LogP contribution in [0.5, 0.6) is 5.88 Å². The van der Waals surface area contributed by atoms with Crippen molar-refractivity contribution in [1.29, 1.82) is 0 Å². The van der Waals surface area contributed by atoms with E-state index in [9.17, 15) is 9.18 Å². The van der Waals surface area contributed by atoms with E-state index in [-0.39, 0.29) is 30.2 Å². The van der Waals surface area contributed by atoms with Crippen LogP contribution in [-0.2, 0) is 21.5 Å². The molecule has 10 heteroatoms. The predicted octanol–water partition coefficient (Wildman–Crippen LogP) is 3.60.